The standard InChI is InChI=1S/C20H30F4N2O5/c1-19(2,3)31-18(29)26-10-13(21)9-15(26)11-25(17(28)20(22,23)24)14-7-5-12(6-8-14)16(27)30-4/h12-15H,5-11H2,1-4H3/t12-,13-,14-,15-/m0/s1. The minimum absolute atomic E-state index is 0.180. The normalized spacial score (nSPS) is 27.0. The molecule has 2 aliphatic rings. The summed E-state index contributed by atoms with van der Waals surface area (Å²) >= 11 is 0. The summed E-state index contributed by atoms with van der Waals surface area (Å²) in [4.78, 5) is 38.1. The van der Waals surface area contributed by atoms with Crippen LogP contribution in [-0.2, 0) is 19.1 Å². The van der Waals surface area contributed by atoms with E-state index >= 15 is 0 Å². The number of amides is 2. The lowest BCUT2D eigenvalue weighted by Gasteiger charge is -2.39. The van der Waals surface area contributed by atoms with Gasteiger partial charge in [-0.3, -0.25) is 9.59 Å². The minimum atomic E-state index is -5.11. The molecule has 2 amide bonds. The first-order valence-electron chi connectivity index (χ1n) is 10.3. The molecule has 1 aliphatic carbocycles. The number of rotatable bonds is 4. The lowest BCUT2D eigenvalue weighted by atomic mass is 9.85. The number of halogens is 4. The number of hydrogen-bond acceptors (Lipinski definition) is 5. The zero-order valence-electron chi connectivity index (χ0n) is 18.2. The van der Waals surface area contributed by atoms with Crippen molar-refractivity contribution >= 4 is 18.0 Å². The van der Waals surface area contributed by atoms with Gasteiger partial charge >= 0.3 is 24.1 Å². The Hall–Kier alpha value is -2.07. The van der Waals surface area contributed by atoms with E-state index in [2.05, 4.69) is 4.74 Å². The van der Waals surface area contributed by atoms with Crippen LogP contribution in [-0.4, -0.2) is 78.0 Å². The Kier molecular flexibility index (Phi) is 7.80. The fourth-order valence-corrected chi connectivity index (χ4v) is 4.15. The monoisotopic (exact) mass is 454 g/mol. The Morgan fingerprint density at radius 2 is 1.65 bits per heavy atom. The first kappa shape index (κ1) is 25.2. The van der Waals surface area contributed by atoms with E-state index in [4.69, 9.17) is 4.74 Å². The SMILES string of the molecule is COC(=O)[C@H]1CC[C@H](N(C[C@@H]2C[C@H](F)CN2C(=O)OC(C)(C)C)C(=O)C(F)(F)F)CC1. The smallest absolute Gasteiger partial charge is 0.469 e. The number of nitrogens with zero attached hydrogens (tertiary/aromatic N) is 2. The summed E-state index contributed by atoms with van der Waals surface area (Å²) in [6, 6.07) is -1.70. The van der Waals surface area contributed by atoms with Crippen molar-refractivity contribution < 1.29 is 41.4 Å². The van der Waals surface area contributed by atoms with Gasteiger partial charge in [0.2, 0.25) is 0 Å². The van der Waals surface area contributed by atoms with E-state index in [1.807, 2.05) is 0 Å². The van der Waals surface area contributed by atoms with Crippen LogP contribution < -0.4 is 0 Å². The summed E-state index contributed by atoms with van der Waals surface area (Å²) in [5.74, 6) is -2.89. The first-order chi connectivity index (χ1) is 14.2. The topological polar surface area (TPSA) is 76.2 Å². The van der Waals surface area contributed by atoms with E-state index in [1.165, 1.54) is 7.11 Å². The molecule has 178 valence electrons. The molecule has 1 saturated carbocycles. The van der Waals surface area contributed by atoms with Crippen molar-refractivity contribution in [3.8, 4) is 0 Å². The lowest BCUT2D eigenvalue weighted by molar-refractivity contribution is -0.189. The zero-order chi connectivity index (χ0) is 23.6. The van der Waals surface area contributed by atoms with Gasteiger partial charge < -0.3 is 19.3 Å². The van der Waals surface area contributed by atoms with Crippen LogP contribution in [0.2, 0.25) is 0 Å². The van der Waals surface area contributed by atoms with Crippen LogP contribution in [0.5, 0.6) is 0 Å². The van der Waals surface area contributed by atoms with Crippen LogP contribution in [0, 0.1) is 5.92 Å². The molecule has 0 aromatic rings. The van der Waals surface area contributed by atoms with Crippen molar-refractivity contribution in [3.63, 3.8) is 0 Å². The second kappa shape index (κ2) is 9.60. The fraction of sp³-hybridized carbons (Fsp3) is 0.850. The van der Waals surface area contributed by atoms with Gasteiger partial charge in [0.05, 0.1) is 25.6 Å². The average Bonchev–Trinajstić information content (AvgIpc) is 3.03. The van der Waals surface area contributed by atoms with Gasteiger partial charge in [-0.05, 0) is 46.5 Å². The summed E-state index contributed by atoms with van der Waals surface area (Å²) in [6.07, 6.45) is -6.61. The number of esters is 1. The van der Waals surface area contributed by atoms with Crippen molar-refractivity contribution in [1.29, 1.82) is 0 Å². The van der Waals surface area contributed by atoms with Crippen LogP contribution in [0.25, 0.3) is 0 Å². The Morgan fingerprint density at radius 1 is 1.06 bits per heavy atom. The van der Waals surface area contributed by atoms with E-state index in [-0.39, 0.29) is 38.6 Å². The Balaban J connectivity index is 2.18. The Labute approximate surface area is 179 Å². The van der Waals surface area contributed by atoms with Crippen LogP contribution in [0.15, 0.2) is 0 Å². The van der Waals surface area contributed by atoms with Crippen molar-refractivity contribution in [2.75, 3.05) is 20.2 Å². The fourth-order valence-electron chi connectivity index (χ4n) is 4.15. The summed E-state index contributed by atoms with van der Waals surface area (Å²) in [5.41, 5.74) is -0.857. The average molecular weight is 454 g/mol. The largest absolute Gasteiger partial charge is 0.471 e. The molecular weight excluding hydrogens is 424 g/mol. The molecule has 0 radical (unpaired) electrons. The highest BCUT2D eigenvalue weighted by molar-refractivity contribution is 5.82. The summed E-state index contributed by atoms with van der Waals surface area (Å²) in [5, 5.41) is 0. The summed E-state index contributed by atoms with van der Waals surface area (Å²) < 4.78 is 63.9. The number of ether oxygens (including phenoxy) is 2. The van der Waals surface area contributed by atoms with Crippen LogP contribution in [0.3, 0.4) is 0 Å². The molecule has 0 N–H and O–H groups in total. The first-order valence-corrected chi connectivity index (χ1v) is 10.3. The number of alkyl halides is 4. The van der Waals surface area contributed by atoms with Gasteiger partial charge in [-0.1, -0.05) is 0 Å². The molecule has 0 bridgehead atoms. The summed E-state index contributed by atoms with van der Waals surface area (Å²) in [7, 11) is 1.24. The molecule has 11 heteroatoms. The highest BCUT2D eigenvalue weighted by Crippen LogP contribution is 2.33. The van der Waals surface area contributed by atoms with E-state index < -0.39 is 60.5 Å². The molecule has 1 saturated heterocycles. The predicted octanol–water partition coefficient (Wildman–Crippen LogP) is 3.46. The van der Waals surface area contributed by atoms with Gasteiger partial charge in [-0.2, -0.15) is 13.2 Å². The number of likely N-dealkylation sites (tertiary alicyclic amines) is 1. The minimum Gasteiger partial charge on any atom is -0.469 e. The van der Waals surface area contributed by atoms with Crippen LogP contribution in [0.4, 0.5) is 22.4 Å². The predicted molar refractivity (Wildman–Crippen MR) is 102 cm³/mol. The number of carbonyl (C=O) groups excluding carboxylic acids is 3. The van der Waals surface area contributed by atoms with E-state index in [0.717, 1.165) is 4.90 Å². The van der Waals surface area contributed by atoms with Crippen molar-refractivity contribution in [3.05, 3.63) is 0 Å². The lowest BCUT2D eigenvalue weighted by Crippen LogP contribution is -2.54. The van der Waals surface area contributed by atoms with Gasteiger partial charge in [-0.25, -0.2) is 9.18 Å². The van der Waals surface area contributed by atoms with Gasteiger partial charge in [0.25, 0.3) is 0 Å². The molecular formula is C20H30F4N2O5. The number of carbonyl (C=O) groups is 3. The summed E-state index contributed by atoms with van der Waals surface area (Å²) in [6.45, 7) is 4.13. The third kappa shape index (κ3) is 6.70. The maximum atomic E-state index is 14.1. The molecule has 2 atom stereocenters. The van der Waals surface area contributed by atoms with Gasteiger partial charge in [0.15, 0.2) is 0 Å². The van der Waals surface area contributed by atoms with Crippen molar-refractivity contribution in [2.24, 2.45) is 5.92 Å². The highest BCUT2D eigenvalue weighted by atomic mass is 19.4. The van der Waals surface area contributed by atoms with Crippen molar-refractivity contribution in [2.45, 2.75) is 82.9 Å². The molecule has 0 unspecified atom stereocenters. The van der Waals surface area contributed by atoms with Gasteiger partial charge in [0, 0.05) is 19.0 Å². The zero-order valence-corrected chi connectivity index (χ0v) is 18.2. The molecule has 1 aliphatic heterocycles. The van der Waals surface area contributed by atoms with Gasteiger partial charge in [0.1, 0.15) is 11.8 Å². The highest BCUT2D eigenvalue weighted by Gasteiger charge is 2.48. The molecule has 0 spiro atoms. The Morgan fingerprint density at radius 3 is 2.13 bits per heavy atom. The molecule has 7 nitrogen and oxygen atoms in total. The Bertz CT molecular complexity index is 671. The van der Waals surface area contributed by atoms with E-state index in [9.17, 15) is 31.9 Å². The molecule has 0 aromatic heterocycles. The molecule has 2 rings (SSSR count). The second-order valence-corrected chi connectivity index (χ2v) is 9.10. The molecule has 1 heterocycles. The maximum absolute atomic E-state index is 14.1. The van der Waals surface area contributed by atoms with Crippen LogP contribution in [0.1, 0.15) is 52.9 Å². The third-order valence-corrected chi connectivity index (χ3v) is 5.57. The molecule has 31 heavy (non-hydrogen) atoms. The van der Waals surface area contributed by atoms with E-state index in [0.29, 0.717) is 4.90 Å². The number of methoxy groups -OCH3 is 1. The van der Waals surface area contributed by atoms with Gasteiger partial charge in [-0.15, -0.1) is 0 Å². The quantitative estimate of drug-likeness (QED) is 0.480. The second-order valence-electron chi connectivity index (χ2n) is 9.10. The molecule has 0 aromatic carbocycles. The maximum Gasteiger partial charge on any atom is 0.471 e. The van der Waals surface area contributed by atoms with Crippen LogP contribution >= 0.6 is 0 Å². The van der Waals surface area contributed by atoms with E-state index in [1.54, 1.807) is 20.8 Å². The molecule has 2 fully saturated rings. The third-order valence-electron chi connectivity index (χ3n) is 5.57. The van der Waals surface area contributed by atoms with Crippen molar-refractivity contribution in [1.82, 2.24) is 9.80 Å². The number of hydrogen-bond donors (Lipinski definition) is 0.